The van der Waals surface area contributed by atoms with E-state index in [0.29, 0.717) is 5.92 Å². The number of carbonyl (C=O) groups excluding carboxylic acids is 1. The second kappa shape index (κ2) is 4.89. The van der Waals surface area contributed by atoms with Crippen LogP contribution in [0.15, 0.2) is 0 Å². The van der Waals surface area contributed by atoms with E-state index in [0.717, 1.165) is 0 Å². The van der Waals surface area contributed by atoms with E-state index in [2.05, 4.69) is 39.3 Å². The molecule has 0 fully saturated rings. The minimum absolute atomic E-state index is 0.0357. The van der Waals surface area contributed by atoms with Crippen LogP contribution in [-0.4, -0.2) is 12.2 Å². The van der Waals surface area contributed by atoms with E-state index in [1.165, 1.54) is 11.9 Å². The lowest BCUT2D eigenvalue weighted by atomic mass is 9.74. The maximum atomic E-state index is 11.7. The minimum atomic E-state index is 0.0357. The summed E-state index contributed by atoms with van der Waals surface area (Å²) < 4.78 is 2.81. The zero-order valence-electron chi connectivity index (χ0n) is 9.47. The topological polar surface area (TPSA) is 29.1 Å². The molecule has 0 unspecified atom stereocenters. The number of hydrogen-bond acceptors (Lipinski definition) is 2. The van der Waals surface area contributed by atoms with Crippen LogP contribution in [0.4, 0.5) is 0 Å². The van der Waals surface area contributed by atoms with Crippen molar-refractivity contribution in [1.29, 1.82) is 0 Å². The van der Waals surface area contributed by atoms with E-state index in [9.17, 15) is 4.79 Å². The Labute approximate surface area is 86.0 Å². The van der Waals surface area contributed by atoms with Crippen LogP contribution in [0, 0.1) is 17.3 Å². The Balaban J connectivity index is 4.52. The molecule has 2 nitrogen and oxygen atoms in total. The first-order valence-corrected chi connectivity index (χ1v) is 5.86. The molecule has 0 heterocycles. The van der Waals surface area contributed by atoms with E-state index in [1.54, 1.807) is 0 Å². The van der Waals surface area contributed by atoms with Gasteiger partial charge in [-0.3, -0.25) is 4.79 Å². The number of amides is 1. The molecule has 1 atom stereocenters. The quantitative estimate of drug-likeness (QED) is 0.715. The molecule has 0 spiro atoms. The van der Waals surface area contributed by atoms with Crippen LogP contribution in [0.3, 0.4) is 0 Å². The Hall–Kier alpha value is -0.180. The summed E-state index contributed by atoms with van der Waals surface area (Å²) in [7, 11) is 0. The Kier molecular flexibility index (Phi) is 4.82. The summed E-state index contributed by atoms with van der Waals surface area (Å²) in [6.45, 7) is 10.5. The third kappa shape index (κ3) is 4.03. The van der Waals surface area contributed by atoms with Crippen molar-refractivity contribution >= 4 is 17.9 Å². The summed E-state index contributed by atoms with van der Waals surface area (Å²) in [5.41, 5.74) is 0.0357. The van der Waals surface area contributed by atoms with Crippen molar-refractivity contribution in [3.05, 3.63) is 0 Å². The van der Waals surface area contributed by atoms with Gasteiger partial charge in [0.1, 0.15) is 0 Å². The van der Waals surface area contributed by atoms with Crippen LogP contribution in [0.2, 0.25) is 0 Å². The van der Waals surface area contributed by atoms with Gasteiger partial charge in [0.2, 0.25) is 5.91 Å². The van der Waals surface area contributed by atoms with Gasteiger partial charge in [0, 0.05) is 12.2 Å². The van der Waals surface area contributed by atoms with Crippen molar-refractivity contribution in [2.24, 2.45) is 17.3 Å². The summed E-state index contributed by atoms with van der Waals surface area (Å²) >= 11 is 1.37. The highest BCUT2D eigenvalue weighted by molar-refractivity contribution is 7.97. The SMILES string of the molecule is CSNC(=O)[C@@H](C(C)C)C(C)(C)C. The van der Waals surface area contributed by atoms with Gasteiger partial charge in [-0.05, 0) is 11.3 Å². The maximum absolute atomic E-state index is 11.7. The fourth-order valence-electron chi connectivity index (χ4n) is 1.86. The van der Waals surface area contributed by atoms with Gasteiger partial charge >= 0.3 is 0 Å². The molecule has 0 aliphatic rings. The van der Waals surface area contributed by atoms with Gasteiger partial charge < -0.3 is 4.72 Å². The average Bonchev–Trinajstić information content (AvgIpc) is 1.82. The lowest BCUT2D eigenvalue weighted by molar-refractivity contribution is -0.128. The van der Waals surface area contributed by atoms with Crippen LogP contribution in [0.25, 0.3) is 0 Å². The molecule has 0 aliphatic carbocycles. The summed E-state index contributed by atoms with van der Waals surface area (Å²) in [6, 6.07) is 0. The van der Waals surface area contributed by atoms with E-state index < -0.39 is 0 Å². The molecule has 0 bridgehead atoms. The normalized spacial score (nSPS) is 14.4. The average molecular weight is 203 g/mol. The van der Waals surface area contributed by atoms with E-state index in [4.69, 9.17) is 0 Å². The molecular weight excluding hydrogens is 182 g/mol. The highest BCUT2D eigenvalue weighted by Crippen LogP contribution is 2.32. The Morgan fingerprint density at radius 1 is 1.31 bits per heavy atom. The van der Waals surface area contributed by atoms with Crippen molar-refractivity contribution in [2.75, 3.05) is 6.26 Å². The molecule has 0 rings (SSSR count). The molecule has 0 saturated carbocycles. The lowest BCUT2D eigenvalue weighted by Crippen LogP contribution is -2.38. The Morgan fingerprint density at radius 3 is 2.00 bits per heavy atom. The van der Waals surface area contributed by atoms with E-state index >= 15 is 0 Å². The smallest absolute Gasteiger partial charge is 0.233 e. The van der Waals surface area contributed by atoms with Crippen molar-refractivity contribution < 1.29 is 4.79 Å². The van der Waals surface area contributed by atoms with Gasteiger partial charge in [-0.2, -0.15) is 0 Å². The molecule has 3 heteroatoms. The van der Waals surface area contributed by atoms with Crippen LogP contribution < -0.4 is 4.72 Å². The molecular formula is C10H21NOS. The van der Waals surface area contributed by atoms with Gasteiger partial charge in [-0.15, -0.1) is 0 Å². The molecule has 0 saturated heterocycles. The highest BCUT2D eigenvalue weighted by atomic mass is 32.2. The second-order valence-corrected chi connectivity index (χ2v) is 5.37. The van der Waals surface area contributed by atoms with E-state index in [-0.39, 0.29) is 17.2 Å². The van der Waals surface area contributed by atoms with Gasteiger partial charge in [0.25, 0.3) is 0 Å². The van der Waals surface area contributed by atoms with E-state index in [1.807, 2.05) is 6.26 Å². The van der Waals surface area contributed by atoms with Crippen LogP contribution in [0.5, 0.6) is 0 Å². The first-order chi connectivity index (χ1) is 5.80. The molecule has 1 N–H and O–H groups in total. The number of rotatable bonds is 3. The predicted octanol–water partition coefficient (Wildman–Crippen LogP) is 2.70. The molecule has 13 heavy (non-hydrogen) atoms. The third-order valence-corrected chi connectivity index (χ3v) is 2.49. The summed E-state index contributed by atoms with van der Waals surface area (Å²) in [5, 5.41) is 0. The molecule has 0 aliphatic heterocycles. The van der Waals surface area contributed by atoms with Crippen LogP contribution in [0.1, 0.15) is 34.6 Å². The predicted molar refractivity (Wildman–Crippen MR) is 59.4 cm³/mol. The van der Waals surface area contributed by atoms with Crippen molar-refractivity contribution in [1.82, 2.24) is 4.72 Å². The molecule has 0 aromatic carbocycles. The van der Waals surface area contributed by atoms with Crippen LogP contribution >= 0.6 is 11.9 Å². The number of carbonyl (C=O) groups is 1. The highest BCUT2D eigenvalue weighted by Gasteiger charge is 2.33. The van der Waals surface area contributed by atoms with Crippen molar-refractivity contribution in [3.8, 4) is 0 Å². The molecule has 78 valence electrons. The first-order valence-electron chi connectivity index (χ1n) is 4.63. The third-order valence-electron chi connectivity index (χ3n) is 2.08. The summed E-state index contributed by atoms with van der Waals surface area (Å²) in [5.74, 6) is 0.613. The first kappa shape index (κ1) is 12.8. The standard InChI is InChI=1S/C10H21NOS/c1-7(2)8(10(3,4)5)9(12)11-13-6/h7-8H,1-6H3,(H,11,12)/t8-/m1/s1. The minimum Gasteiger partial charge on any atom is -0.300 e. The second-order valence-electron chi connectivity index (χ2n) is 4.76. The summed E-state index contributed by atoms with van der Waals surface area (Å²) in [4.78, 5) is 11.7. The van der Waals surface area contributed by atoms with Crippen molar-refractivity contribution in [3.63, 3.8) is 0 Å². The zero-order valence-corrected chi connectivity index (χ0v) is 10.3. The number of nitrogens with one attached hydrogen (secondary N) is 1. The molecule has 0 radical (unpaired) electrons. The van der Waals surface area contributed by atoms with Gasteiger partial charge in [-0.1, -0.05) is 46.6 Å². The largest absolute Gasteiger partial charge is 0.300 e. The molecule has 0 aromatic rings. The zero-order chi connectivity index (χ0) is 10.6. The van der Waals surface area contributed by atoms with Gasteiger partial charge in [-0.25, -0.2) is 0 Å². The fourth-order valence-corrected chi connectivity index (χ4v) is 2.19. The lowest BCUT2D eigenvalue weighted by Gasteiger charge is -2.32. The Bertz CT molecular complexity index is 172. The summed E-state index contributed by atoms with van der Waals surface area (Å²) in [6.07, 6.45) is 1.87. The van der Waals surface area contributed by atoms with Crippen molar-refractivity contribution in [2.45, 2.75) is 34.6 Å². The molecule has 0 aromatic heterocycles. The van der Waals surface area contributed by atoms with Gasteiger partial charge in [0.05, 0.1) is 0 Å². The monoisotopic (exact) mass is 203 g/mol. The molecule has 1 amide bonds. The Morgan fingerprint density at radius 2 is 1.77 bits per heavy atom. The number of hydrogen-bond donors (Lipinski definition) is 1. The van der Waals surface area contributed by atoms with Crippen LogP contribution in [-0.2, 0) is 4.79 Å². The maximum Gasteiger partial charge on any atom is 0.233 e. The van der Waals surface area contributed by atoms with Gasteiger partial charge in [0.15, 0.2) is 0 Å². The fraction of sp³-hybridized carbons (Fsp3) is 0.900.